The molecule has 0 spiro atoms. The zero-order valence-electron chi connectivity index (χ0n) is 18.0. The Balaban J connectivity index is 1.89. The van der Waals surface area contributed by atoms with Gasteiger partial charge in [-0.1, -0.05) is 59.8 Å². The van der Waals surface area contributed by atoms with Gasteiger partial charge < -0.3 is 15.4 Å². The lowest BCUT2D eigenvalue weighted by molar-refractivity contribution is -0.150. The molecule has 8 heteroatoms. The molecule has 7 nitrogen and oxygen atoms in total. The van der Waals surface area contributed by atoms with Gasteiger partial charge in [-0.3, -0.25) is 14.4 Å². The van der Waals surface area contributed by atoms with Crippen LogP contribution in [-0.4, -0.2) is 30.6 Å². The number of thioether (sulfide) groups is 1. The second-order valence-corrected chi connectivity index (χ2v) is 8.37. The molecule has 2 N–H and O–H groups in total. The van der Waals surface area contributed by atoms with Crippen LogP contribution in [0.5, 0.6) is 0 Å². The van der Waals surface area contributed by atoms with E-state index in [0.717, 1.165) is 22.9 Å². The summed E-state index contributed by atoms with van der Waals surface area (Å²) < 4.78 is 4.84. The van der Waals surface area contributed by atoms with Crippen LogP contribution < -0.4 is 10.6 Å². The number of nitriles is 1. The summed E-state index contributed by atoms with van der Waals surface area (Å²) in [5.41, 5.74) is 3.50. The molecule has 2 amide bonds. The molecule has 2 aromatic rings. The summed E-state index contributed by atoms with van der Waals surface area (Å²) in [6, 6.07) is 16.8. The van der Waals surface area contributed by atoms with E-state index in [-0.39, 0.29) is 22.3 Å². The van der Waals surface area contributed by atoms with E-state index < -0.39 is 23.7 Å². The van der Waals surface area contributed by atoms with Crippen molar-refractivity contribution in [1.29, 1.82) is 5.26 Å². The zero-order valence-corrected chi connectivity index (χ0v) is 18.8. The highest BCUT2D eigenvalue weighted by molar-refractivity contribution is 8.03. The number of amides is 2. The Morgan fingerprint density at radius 2 is 1.84 bits per heavy atom. The number of carbonyl (C=O) groups excluding carboxylic acids is 3. The first-order chi connectivity index (χ1) is 15.3. The molecular formula is C24H23N3O4S. The highest BCUT2D eigenvalue weighted by Gasteiger charge is 2.44. The highest BCUT2D eigenvalue weighted by atomic mass is 32.2. The van der Waals surface area contributed by atoms with Crippen LogP contribution in [-0.2, 0) is 19.1 Å². The van der Waals surface area contributed by atoms with E-state index in [1.54, 1.807) is 18.2 Å². The van der Waals surface area contributed by atoms with Crippen molar-refractivity contribution >= 4 is 35.2 Å². The van der Waals surface area contributed by atoms with Crippen LogP contribution in [0.1, 0.15) is 22.6 Å². The predicted molar refractivity (Wildman–Crippen MR) is 122 cm³/mol. The molecule has 1 aliphatic heterocycles. The minimum Gasteiger partial charge on any atom is -0.468 e. The molecule has 2 aromatic carbocycles. The average Bonchev–Trinajstić information content (AvgIpc) is 2.78. The normalized spacial score (nSPS) is 17.9. The van der Waals surface area contributed by atoms with Crippen LogP contribution in [0.3, 0.4) is 0 Å². The summed E-state index contributed by atoms with van der Waals surface area (Å²) in [5.74, 6) is -3.57. The Morgan fingerprint density at radius 1 is 1.16 bits per heavy atom. The summed E-state index contributed by atoms with van der Waals surface area (Å²) in [4.78, 5) is 37.7. The van der Waals surface area contributed by atoms with Crippen LogP contribution in [0.25, 0.3) is 0 Å². The van der Waals surface area contributed by atoms with Crippen molar-refractivity contribution in [3.63, 3.8) is 0 Å². The lowest BCUT2D eigenvalue weighted by atomic mass is 9.78. The molecule has 0 fully saturated rings. The molecule has 2 atom stereocenters. The Labute approximate surface area is 190 Å². The second kappa shape index (κ2) is 10.2. The summed E-state index contributed by atoms with van der Waals surface area (Å²) in [7, 11) is 1.21. The number of anilines is 1. The minimum absolute atomic E-state index is 0.0152. The third kappa shape index (κ3) is 5.01. The van der Waals surface area contributed by atoms with Gasteiger partial charge in [0.2, 0.25) is 11.8 Å². The van der Waals surface area contributed by atoms with Gasteiger partial charge in [0, 0.05) is 11.6 Å². The summed E-state index contributed by atoms with van der Waals surface area (Å²) in [6.07, 6.45) is 0. The molecule has 1 heterocycles. The van der Waals surface area contributed by atoms with Crippen molar-refractivity contribution in [2.75, 3.05) is 18.2 Å². The van der Waals surface area contributed by atoms with Gasteiger partial charge in [0.05, 0.1) is 29.5 Å². The molecule has 0 aliphatic carbocycles. The molecule has 0 unspecified atom stereocenters. The molecule has 0 saturated heterocycles. The Kier molecular flexibility index (Phi) is 7.33. The monoisotopic (exact) mass is 449 g/mol. The van der Waals surface area contributed by atoms with Gasteiger partial charge in [-0.05, 0) is 31.0 Å². The SMILES string of the molecule is COC(=O)[C@@H]1C(=O)NC(SCC(=O)Nc2ccccc2C)=C(C#N)[C@H]1c1ccc(C)cc1. The zero-order chi connectivity index (χ0) is 23.3. The molecular weight excluding hydrogens is 426 g/mol. The number of nitrogens with zero attached hydrogens (tertiary/aromatic N) is 1. The molecule has 0 saturated carbocycles. The van der Waals surface area contributed by atoms with E-state index in [2.05, 4.69) is 16.7 Å². The van der Waals surface area contributed by atoms with E-state index in [1.165, 1.54) is 7.11 Å². The third-order valence-electron chi connectivity index (χ3n) is 5.19. The van der Waals surface area contributed by atoms with Crippen molar-refractivity contribution in [2.45, 2.75) is 19.8 Å². The lowest BCUT2D eigenvalue weighted by Gasteiger charge is -2.31. The molecule has 1 aliphatic rings. The number of carbonyl (C=O) groups is 3. The van der Waals surface area contributed by atoms with E-state index in [4.69, 9.17) is 4.74 Å². The van der Waals surface area contributed by atoms with Crippen molar-refractivity contribution in [3.05, 3.63) is 75.8 Å². The molecule has 0 aromatic heterocycles. The van der Waals surface area contributed by atoms with Crippen molar-refractivity contribution < 1.29 is 19.1 Å². The maximum Gasteiger partial charge on any atom is 0.319 e. The van der Waals surface area contributed by atoms with Gasteiger partial charge in [0.25, 0.3) is 0 Å². The van der Waals surface area contributed by atoms with Gasteiger partial charge in [0.15, 0.2) is 0 Å². The first-order valence-electron chi connectivity index (χ1n) is 9.93. The van der Waals surface area contributed by atoms with Crippen molar-refractivity contribution in [1.82, 2.24) is 5.32 Å². The quantitative estimate of drug-likeness (QED) is 0.517. The predicted octanol–water partition coefficient (Wildman–Crippen LogP) is 3.41. The van der Waals surface area contributed by atoms with Gasteiger partial charge in [0.1, 0.15) is 5.92 Å². The van der Waals surface area contributed by atoms with Crippen LogP contribution >= 0.6 is 11.8 Å². The Hall–Kier alpha value is -3.57. The van der Waals surface area contributed by atoms with Gasteiger partial charge in [-0.2, -0.15) is 5.26 Å². The van der Waals surface area contributed by atoms with E-state index in [0.29, 0.717) is 11.3 Å². The van der Waals surface area contributed by atoms with Crippen LogP contribution in [0.15, 0.2) is 59.1 Å². The molecule has 32 heavy (non-hydrogen) atoms. The third-order valence-corrected chi connectivity index (χ3v) is 6.20. The van der Waals surface area contributed by atoms with Crippen molar-refractivity contribution in [2.24, 2.45) is 5.92 Å². The van der Waals surface area contributed by atoms with Crippen LogP contribution in [0, 0.1) is 31.1 Å². The Morgan fingerprint density at radius 3 is 2.47 bits per heavy atom. The van der Waals surface area contributed by atoms with Gasteiger partial charge in [-0.25, -0.2) is 0 Å². The number of nitrogens with one attached hydrogen (secondary N) is 2. The lowest BCUT2D eigenvalue weighted by Crippen LogP contribution is -2.44. The number of hydrogen-bond donors (Lipinski definition) is 2. The highest BCUT2D eigenvalue weighted by Crippen LogP contribution is 2.40. The van der Waals surface area contributed by atoms with E-state index >= 15 is 0 Å². The van der Waals surface area contributed by atoms with E-state index in [1.807, 2.05) is 44.2 Å². The summed E-state index contributed by atoms with van der Waals surface area (Å²) in [5, 5.41) is 15.6. The number of esters is 1. The van der Waals surface area contributed by atoms with Crippen LogP contribution in [0.2, 0.25) is 0 Å². The standard InChI is InChI=1S/C24H23N3O4S/c1-14-8-10-16(11-9-14)20-17(12-25)23(27-22(29)21(20)24(30)31-3)32-13-19(28)26-18-7-5-4-6-15(18)2/h4-11,20-21H,13H2,1-3H3,(H,26,28)(H,27,29)/t20-,21+/m1/s1. The van der Waals surface area contributed by atoms with Crippen molar-refractivity contribution in [3.8, 4) is 6.07 Å². The fraction of sp³-hybridized carbons (Fsp3) is 0.250. The molecule has 3 rings (SSSR count). The minimum atomic E-state index is -1.19. The molecule has 0 bridgehead atoms. The summed E-state index contributed by atoms with van der Waals surface area (Å²) in [6.45, 7) is 3.81. The summed E-state index contributed by atoms with van der Waals surface area (Å²) >= 11 is 1.05. The number of allylic oxidation sites excluding steroid dienone is 1. The number of benzene rings is 2. The maximum atomic E-state index is 12.8. The van der Waals surface area contributed by atoms with Gasteiger partial charge >= 0.3 is 5.97 Å². The molecule has 164 valence electrons. The topological polar surface area (TPSA) is 108 Å². The average molecular weight is 450 g/mol. The van der Waals surface area contributed by atoms with Crippen LogP contribution in [0.4, 0.5) is 5.69 Å². The number of methoxy groups -OCH3 is 1. The fourth-order valence-corrected chi connectivity index (χ4v) is 4.34. The van der Waals surface area contributed by atoms with Gasteiger partial charge in [-0.15, -0.1) is 0 Å². The number of para-hydroxylation sites is 1. The largest absolute Gasteiger partial charge is 0.468 e. The maximum absolute atomic E-state index is 12.8. The number of aryl methyl sites for hydroxylation is 2. The fourth-order valence-electron chi connectivity index (χ4n) is 3.49. The smallest absolute Gasteiger partial charge is 0.319 e. The number of rotatable bonds is 6. The number of hydrogen-bond acceptors (Lipinski definition) is 6. The number of ether oxygens (including phenoxy) is 1. The van der Waals surface area contributed by atoms with E-state index in [9.17, 15) is 19.6 Å². The first-order valence-corrected chi connectivity index (χ1v) is 10.9. The second-order valence-electron chi connectivity index (χ2n) is 7.38. The Bertz CT molecular complexity index is 1120. The molecule has 0 radical (unpaired) electrons. The first kappa shape index (κ1) is 23.1.